The average Bonchev–Trinajstić information content (AvgIpc) is 2.35. The van der Waals surface area contributed by atoms with Gasteiger partial charge in [-0.25, -0.2) is 0 Å². The molecule has 0 spiro atoms. The van der Waals surface area contributed by atoms with Gasteiger partial charge in [0.25, 0.3) is 0 Å². The Morgan fingerprint density at radius 1 is 1.06 bits per heavy atom. The summed E-state index contributed by atoms with van der Waals surface area (Å²) < 4.78 is 0. The van der Waals surface area contributed by atoms with Crippen molar-refractivity contribution in [3.05, 3.63) is 42.0 Å². The van der Waals surface area contributed by atoms with Crippen molar-refractivity contribution >= 4 is 17.1 Å². The van der Waals surface area contributed by atoms with Crippen LogP contribution in [0, 0.1) is 0 Å². The molecule has 84 valence electrons. The number of benzene rings is 1. The molecule has 0 atom stereocenters. The third-order valence-corrected chi connectivity index (χ3v) is 2.36. The number of carbonyl (C=O) groups excluding carboxylic acids is 2. The van der Waals surface area contributed by atoms with Crippen LogP contribution >= 0.6 is 0 Å². The third-order valence-electron chi connectivity index (χ3n) is 2.36. The Balaban J connectivity index is 3.11. The first-order valence-electron chi connectivity index (χ1n) is 5.52. The molecule has 1 rings (SSSR count). The lowest BCUT2D eigenvalue weighted by molar-refractivity contribution is -0.115. The second-order valence-electron chi connectivity index (χ2n) is 3.52. The summed E-state index contributed by atoms with van der Waals surface area (Å²) in [6, 6.07) is 9.31. The van der Waals surface area contributed by atoms with E-state index in [2.05, 4.69) is 0 Å². The first-order chi connectivity index (χ1) is 7.69. The maximum atomic E-state index is 11.7. The second kappa shape index (κ2) is 6.01. The molecular weight excluding hydrogens is 200 g/mol. The zero-order chi connectivity index (χ0) is 12.0. The van der Waals surface area contributed by atoms with Gasteiger partial charge in [0, 0.05) is 18.4 Å². The predicted molar refractivity (Wildman–Crippen MR) is 65.0 cm³/mol. The summed E-state index contributed by atoms with van der Waals surface area (Å²) in [6.07, 6.45) is 2.30. The molecule has 0 aromatic heterocycles. The van der Waals surface area contributed by atoms with Gasteiger partial charge in [0.1, 0.15) is 0 Å². The highest BCUT2D eigenvalue weighted by Gasteiger charge is 2.10. The minimum Gasteiger partial charge on any atom is -0.295 e. The van der Waals surface area contributed by atoms with Crippen LogP contribution < -0.4 is 0 Å². The maximum Gasteiger partial charge on any atom is 0.163 e. The lowest BCUT2D eigenvalue weighted by Crippen LogP contribution is -2.03. The smallest absolute Gasteiger partial charge is 0.163 e. The minimum absolute atomic E-state index is 0.00741. The summed E-state index contributed by atoms with van der Waals surface area (Å²) in [5, 5.41) is 0. The van der Waals surface area contributed by atoms with Crippen LogP contribution in [0.4, 0.5) is 0 Å². The lowest BCUT2D eigenvalue weighted by Gasteiger charge is -2.04. The van der Waals surface area contributed by atoms with Crippen LogP contribution in [0.1, 0.15) is 32.3 Å². The van der Waals surface area contributed by atoms with Gasteiger partial charge in [-0.15, -0.1) is 0 Å². The van der Waals surface area contributed by atoms with Crippen LogP contribution in [-0.2, 0) is 9.59 Å². The van der Waals surface area contributed by atoms with Gasteiger partial charge in [-0.1, -0.05) is 44.2 Å². The van der Waals surface area contributed by atoms with Gasteiger partial charge in [0.2, 0.25) is 0 Å². The molecular formula is C14H16O2. The molecule has 0 aliphatic heterocycles. The van der Waals surface area contributed by atoms with Crippen molar-refractivity contribution in [2.45, 2.75) is 26.7 Å². The maximum absolute atomic E-state index is 11.7. The Bertz CT molecular complexity index is 402. The second-order valence-corrected chi connectivity index (χ2v) is 3.52. The van der Waals surface area contributed by atoms with Gasteiger partial charge in [-0.05, 0) is 11.6 Å². The van der Waals surface area contributed by atoms with E-state index in [0.717, 1.165) is 5.56 Å². The number of hydrogen-bond donors (Lipinski definition) is 0. The highest BCUT2D eigenvalue weighted by molar-refractivity contribution is 6.24. The van der Waals surface area contributed by atoms with Crippen molar-refractivity contribution in [2.24, 2.45) is 0 Å². The fourth-order valence-electron chi connectivity index (χ4n) is 1.40. The molecule has 0 fully saturated rings. The van der Waals surface area contributed by atoms with Gasteiger partial charge in [-0.2, -0.15) is 0 Å². The first-order valence-corrected chi connectivity index (χ1v) is 5.52. The number of ketones is 2. The van der Waals surface area contributed by atoms with E-state index in [1.807, 2.05) is 30.3 Å². The first kappa shape index (κ1) is 12.4. The SMILES string of the molecule is CCC(=O)C=C(C(=O)CC)c1ccccc1. The number of rotatable bonds is 5. The number of hydrogen-bond acceptors (Lipinski definition) is 2. The van der Waals surface area contributed by atoms with E-state index in [4.69, 9.17) is 0 Å². The van der Waals surface area contributed by atoms with Crippen LogP contribution in [0.3, 0.4) is 0 Å². The van der Waals surface area contributed by atoms with E-state index in [1.54, 1.807) is 13.8 Å². The standard InChI is InChI=1S/C14H16O2/c1-3-12(15)10-13(14(16)4-2)11-8-6-5-7-9-11/h5-10H,3-4H2,1-2H3. The molecule has 0 saturated heterocycles. The topological polar surface area (TPSA) is 34.1 Å². The van der Waals surface area contributed by atoms with E-state index >= 15 is 0 Å². The molecule has 0 aliphatic carbocycles. The molecule has 0 heterocycles. The molecule has 0 bridgehead atoms. The Morgan fingerprint density at radius 2 is 1.69 bits per heavy atom. The molecule has 2 heteroatoms. The monoisotopic (exact) mass is 216 g/mol. The van der Waals surface area contributed by atoms with Crippen molar-refractivity contribution in [3.8, 4) is 0 Å². The van der Waals surface area contributed by atoms with Crippen LogP contribution in [0.5, 0.6) is 0 Å². The Morgan fingerprint density at radius 3 is 2.19 bits per heavy atom. The molecule has 0 saturated carbocycles. The summed E-state index contributed by atoms with van der Waals surface area (Å²) in [7, 11) is 0. The molecule has 0 amide bonds. The quantitative estimate of drug-likeness (QED) is 0.709. The zero-order valence-corrected chi connectivity index (χ0v) is 9.69. The van der Waals surface area contributed by atoms with Crippen LogP contribution in [0.25, 0.3) is 5.57 Å². The summed E-state index contributed by atoms with van der Waals surface area (Å²) in [6.45, 7) is 3.59. The molecule has 1 aromatic rings. The Hall–Kier alpha value is -1.70. The van der Waals surface area contributed by atoms with Crippen molar-refractivity contribution in [3.63, 3.8) is 0 Å². The van der Waals surface area contributed by atoms with Gasteiger partial charge >= 0.3 is 0 Å². The molecule has 0 unspecified atom stereocenters. The van der Waals surface area contributed by atoms with Crippen molar-refractivity contribution in [2.75, 3.05) is 0 Å². The van der Waals surface area contributed by atoms with E-state index in [-0.39, 0.29) is 11.6 Å². The van der Waals surface area contributed by atoms with E-state index in [1.165, 1.54) is 6.08 Å². The summed E-state index contributed by atoms with van der Waals surface area (Å²) in [5.41, 5.74) is 1.34. The normalized spacial score (nSPS) is 11.2. The largest absolute Gasteiger partial charge is 0.295 e. The fraction of sp³-hybridized carbons (Fsp3) is 0.286. The van der Waals surface area contributed by atoms with E-state index in [0.29, 0.717) is 18.4 Å². The van der Waals surface area contributed by atoms with E-state index < -0.39 is 0 Å². The van der Waals surface area contributed by atoms with Crippen molar-refractivity contribution in [1.82, 2.24) is 0 Å². The van der Waals surface area contributed by atoms with Crippen LogP contribution in [0.15, 0.2) is 36.4 Å². The minimum atomic E-state index is -0.0133. The molecule has 0 aliphatic rings. The molecule has 0 N–H and O–H groups in total. The molecule has 1 aromatic carbocycles. The van der Waals surface area contributed by atoms with Crippen molar-refractivity contribution in [1.29, 1.82) is 0 Å². The fourth-order valence-corrected chi connectivity index (χ4v) is 1.40. The Kier molecular flexibility index (Phi) is 4.65. The van der Waals surface area contributed by atoms with Gasteiger partial charge in [0.15, 0.2) is 11.6 Å². The zero-order valence-electron chi connectivity index (χ0n) is 9.69. The molecule has 16 heavy (non-hydrogen) atoms. The van der Waals surface area contributed by atoms with Gasteiger partial charge < -0.3 is 0 Å². The number of Topliss-reactive ketones (excluding diaryl/α,β-unsaturated/α-hetero) is 1. The summed E-state index contributed by atoms with van der Waals surface area (Å²) in [5.74, 6) is -0.00588. The third kappa shape index (κ3) is 3.16. The number of carbonyl (C=O) groups is 2. The van der Waals surface area contributed by atoms with Crippen LogP contribution in [0.2, 0.25) is 0 Å². The molecule has 2 nitrogen and oxygen atoms in total. The number of allylic oxidation sites excluding steroid dienone is 2. The van der Waals surface area contributed by atoms with E-state index in [9.17, 15) is 9.59 Å². The van der Waals surface area contributed by atoms with Crippen LogP contribution in [-0.4, -0.2) is 11.6 Å². The summed E-state index contributed by atoms with van der Waals surface area (Å²) in [4.78, 5) is 23.1. The van der Waals surface area contributed by atoms with Gasteiger partial charge in [-0.3, -0.25) is 9.59 Å². The molecule has 0 radical (unpaired) electrons. The van der Waals surface area contributed by atoms with Gasteiger partial charge in [0.05, 0.1) is 0 Å². The lowest BCUT2D eigenvalue weighted by atomic mass is 9.98. The average molecular weight is 216 g/mol. The predicted octanol–water partition coefficient (Wildman–Crippen LogP) is 3.03. The van der Waals surface area contributed by atoms with Crippen molar-refractivity contribution < 1.29 is 9.59 Å². The highest BCUT2D eigenvalue weighted by atomic mass is 16.1. The summed E-state index contributed by atoms with van der Waals surface area (Å²) >= 11 is 0. The highest BCUT2D eigenvalue weighted by Crippen LogP contribution is 2.17. The Labute approximate surface area is 96.0 Å².